The van der Waals surface area contributed by atoms with Crippen LogP contribution in [0.1, 0.15) is 26.7 Å². The molecule has 0 fully saturated rings. The van der Waals surface area contributed by atoms with Crippen LogP contribution in [0, 0.1) is 0 Å². The molecule has 0 aliphatic heterocycles. The number of benzene rings is 1. The van der Waals surface area contributed by atoms with Gasteiger partial charge in [0.2, 0.25) is 0 Å². The summed E-state index contributed by atoms with van der Waals surface area (Å²) < 4.78 is 24.7. The molecule has 152 valence electrons. The van der Waals surface area contributed by atoms with Crippen LogP contribution in [0.4, 0.5) is 0 Å². The number of aliphatic imine (C=N–C) groups is 1. The second kappa shape index (κ2) is 11.5. The molecule has 2 N–H and O–H groups in total. The van der Waals surface area contributed by atoms with E-state index in [9.17, 15) is 8.42 Å². The normalized spacial score (nSPS) is 13.2. The van der Waals surface area contributed by atoms with Gasteiger partial charge in [-0.15, -0.1) is 24.0 Å². The molecule has 0 aliphatic carbocycles. The zero-order chi connectivity index (χ0) is 19.0. The minimum absolute atomic E-state index is 0. The third-order valence-corrected chi connectivity index (χ3v) is 4.98. The van der Waals surface area contributed by atoms with Crippen molar-refractivity contribution >= 4 is 50.8 Å². The van der Waals surface area contributed by atoms with Crippen LogP contribution in [-0.2, 0) is 16.4 Å². The van der Waals surface area contributed by atoms with Crippen molar-refractivity contribution in [1.29, 1.82) is 0 Å². The van der Waals surface area contributed by atoms with E-state index < -0.39 is 9.84 Å². The number of rotatable bonds is 9. The molecule has 7 nitrogen and oxygen atoms in total. The van der Waals surface area contributed by atoms with E-state index in [4.69, 9.17) is 0 Å². The lowest BCUT2D eigenvalue weighted by Gasteiger charge is -2.17. The molecule has 0 bridgehead atoms. The summed E-state index contributed by atoms with van der Waals surface area (Å²) in [5.74, 6) is 0.901. The molecule has 1 aromatic heterocycles. The van der Waals surface area contributed by atoms with Crippen LogP contribution < -0.4 is 10.6 Å². The zero-order valence-corrected chi connectivity index (χ0v) is 19.3. The molecule has 9 heteroatoms. The van der Waals surface area contributed by atoms with Crippen LogP contribution in [0.5, 0.6) is 0 Å². The van der Waals surface area contributed by atoms with E-state index >= 15 is 0 Å². The van der Waals surface area contributed by atoms with Crippen molar-refractivity contribution in [2.24, 2.45) is 4.99 Å². The van der Waals surface area contributed by atoms with Crippen molar-refractivity contribution in [1.82, 2.24) is 20.2 Å². The first-order valence-corrected chi connectivity index (χ1v) is 11.1. The van der Waals surface area contributed by atoms with E-state index in [1.807, 2.05) is 38.4 Å². The molecular weight excluding hydrogens is 477 g/mol. The smallest absolute Gasteiger partial charge is 0.191 e. The van der Waals surface area contributed by atoms with E-state index in [0.717, 1.165) is 36.5 Å². The number of sulfone groups is 1. The first kappa shape index (κ1) is 23.7. The van der Waals surface area contributed by atoms with Gasteiger partial charge in [-0.3, -0.25) is 4.99 Å². The molecule has 0 spiro atoms. The van der Waals surface area contributed by atoms with Gasteiger partial charge in [-0.05, 0) is 38.8 Å². The van der Waals surface area contributed by atoms with E-state index in [1.165, 1.54) is 6.26 Å². The number of imidazole rings is 1. The molecule has 0 saturated carbocycles. The average molecular weight is 507 g/mol. The first-order chi connectivity index (χ1) is 12.4. The van der Waals surface area contributed by atoms with Gasteiger partial charge in [0.25, 0.3) is 0 Å². The van der Waals surface area contributed by atoms with Crippen LogP contribution in [0.2, 0.25) is 0 Å². The number of hydrogen-bond acceptors (Lipinski definition) is 4. The quantitative estimate of drug-likeness (QED) is 0.236. The molecule has 2 aromatic rings. The van der Waals surface area contributed by atoms with Gasteiger partial charge in [0.05, 0.1) is 23.1 Å². The fourth-order valence-corrected chi connectivity index (χ4v) is 3.42. The third-order valence-electron chi connectivity index (χ3n) is 4.00. The molecule has 1 aromatic carbocycles. The van der Waals surface area contributed by atoms with Gasteiger partial charge in [0.1, 0.15) is 9.84 Å². The summed E-state index contributed by atoms with van der Waals surface area (Å²) in [6.45, 7) is 6.27. The topological polar surface area (TPSA) is 88.4 Å². The Morgan fingerprint density at radius 1 is 1.33 bits per heavy atom. The highest BCUT2D eigenvalue weighted by atomic mass is 127. The number of nitrogens with zero attached hydrogens (tertiary/aromatic N) is 3. The van der Waals surface area contributed by atoms with Crippen molar-refractivity contribution in [2.75, 3.05) is 25.1 Å². The summed E-state index contributed by atoms with van der Waals surface area (Å²) in [7, 11) is -2.94. The van der Waals surface area contributed by atoms with Gasteiger partial charge in [0, 0.05) is 31.9 Å². The molecule has 0 amide bonds. The lowest BCUT2D eigenvalue weighted by atomic mass is 10.3. The summed E-state index contributed by atoms with van der Waals surface area (Å²) in [6.07, 6.45) is 4.59. The summed E-state index contributed by atoms with van der Waals surface area (Å²) in [5, 5.41) is 6.47. The monoisotopic (exact) mass is 507 g/mol. The van der Waals surface area contributed by atoms with Gasteiger partial charge >= 0.3 is 0 Å². The standard InChI is InChI=1S/C18H29N5O2S.HI/c1-4-19-18(22-15(2)10-13-26(3,24)25)20-11-7-12-23-14-21-16-8-5-6-9-17(16)23;/h5-6,8-9,14-15H,4,7,10-13H2,1-3H3,(H2,19,20,22);1H. The van der Waals surface area contributed by atoms with Crippen molar-refractivity contribution in [3.63, 3.8) is 0 Å². The summed E-state index contributed by atoms with van der Waals surface area (Å²) in [6, 6.07) is 8.13. The Bertz CT molecular complexity index is 835. The molecule has 1 atom stereocenters. The maximum absolute atomic E-state index is 11.3. The van der Waals surface area contributed by atoms with E-state index in [0.29, 0.717) is 13.0 Å². The molecule has 0 radical (unpaired) electrons. The lowest BCUT2D eigenvalue weighted by molar-refractivity contribution is 0.580. The molecule has 0 saturated heterocycles. The van der Waals surface area contributed by atoms with Crippen LogP contribution in [0.25, 0.3) is 11.0 Å². The highest BCUT2D eigenvalue weighted by Crippen LogP contribution is 2.12. The predicted octanol–water partition coefficient (Wildman–Crippen LogP) is 2.42. The van der Waals surface area contributed by atoms with Crippen LogP contribution >= 0.6 is 24.0 Å². The average Bonchev–Trinajstić information content (AvgIpc) is 3.00. The number of guanidine groups is 1. The predicted molar refractivity (Wildman–Crippen MR) is 123 cm³/mol. The number of para-hydroxylation sites is 2. The van der Waals surface area contributed by atoms with Gasteiger partial charge in [-0.1, -0.05) is 12.1 Å². The molecule has 1 unspecified atom stereocenters. The van der Waals surface area contributed by atoms with Gasteiger partial charge < -0.3 is 15.2 Å². The Labute approximate surface area is 179 Å². The number of nitrogens with one attached hydrogen (secondary N) is 2. The maximum Gasteiger partial charge on any atom is 0.191 e. The Morgan fingerprint density at radius 3 is 2.78 bits per heavy atom. The summed E-state index contributed by atoms with van der Waals surface area (Å²) in [5.41, 5.74) is 2.14. The zero-order valence-electron chi connectivity index (χ0n) is 16.2. The number of aromatic nitrogens is 2. The molecule has 2 rings (SSSR count). The Kier molecular flexibility index (Phi) is 10.1. The third kappa shape index (κ3) is 8.46. The minimum Gasteiger partial charge on any atom is -0.357 e. The Balaban J connectivity index is 0.00000364. The highest BCUT2D eigenvalue weighted by Gasteiger charge is 2.09. The van der Waals surface area contributed by atoms with E-state index in [1.54, 1.807) is 0 Å². The van der Waals surface area contributed by atoms with Gasteiger partial charge in [0.15, 0.2) is 5.96 Å². The second-order valence-corrected chi connectivity index (χ2v) is 8.76. The summed E-state index contributed by atoms with van der Waals surface area (Å²) in [4.78, 5) is 8.98. The Hall–Kier alpha value is -1.36. The second-order valence-electron chi connectivity index (χ2n) is 6.50. The molecule has 1 heterocycles. The number of fused-ring (bicyclic) bond motifs is 1. The molecular formula is C18H30IN5O2S. The van der Waals surface area contributed by atoms with Crippen LogP contribution in [-0.4, -0.2) is 55.1 Å². The minimum atomic E-state index is -2.94. The van der Waals surface area contributed by atoms with E-state index in [-0.39, 0.29) is 35.8 Å². The van der Waals surface area contributed by atoms with Gasteiger partial charge in [-0.2, -0.15) is 0 Å². The fraction of sp³-hybridized carbons (Fsp3) is 0.556. The van der Waals surface area contributed by atoms with Crippen molar-refractivity contribution < 1.29 is 8.42 Å². The van der Waals surface area contributed by atoms with Crippen molar-refractivity contribution in [3.8, 4) is 0 Å². The molecule has 0 aliphatic rings. The number of aryl methyl sites for hydroxylation is 1. The number of halogens is 1. The first-order valence-electron chi connectivity index (χ1n) is 9.01. The largest absolute Gasteiger partial charge is 0.357 e. The van der Waals surface area contributed by atoms with Gasteiger partial charge in [-0.25, -0.2) is 13.4 Å². The van der Waals surface area contributed by atoms with Crippen LogP contribution in [0.3, 0.4) is 0 Å². The lowest BCUT2D eigenvalue weighted by Crippen LogP contribution is -2.42. The highest BCUT2D eigenvalue weighted by molar-refractivity contribution is 14.0. The number of hydrogen-bond donors (Lipinski definition) is 2. The maximum atomic E-state index is 11.3. The Morgan fingerprint density at radius 2 is 2.07 bits per heavy atom. The van der Waals surface area contributed by atoms with Crippen molar-refractivity contribution in [2.45, 2.75) is 39.3 Å². The van der Waals surface area contributed by atoms with Crippen LogP contribution in [0.15, 0.2) is 35.6 Å². The summed E-state index contributed by atoms with van der Waals surface area (Å²) >= 11 is 0. The van der Waals surface area contributed by atoms with E-state index in [2.05, 4.69) is 31.2 Å². The fourth-order valence-electron chi connectivity index (χ4n) is 2.64. The molecule has 27 heavy (non-hydrogen) atoms. The SMILES string of the molecule is CCNC(=NCCCn1cnc2ccccc21)NC(C)CCS(C)(=O)=O.I. The van der Waals surface area contributed by atoms with Crippen molar-refractivity contribution in [3.05, 3.63) is 30.6 Å².